The second kappa shape index (κ2) is 11.5. The first kappa shape index (κ1) is 22.9. The molecule has 2 saturated carbocycles. The Labute approximate surface area is 181 Å². The van der Waals surface area contributed by atoms with Crippen molar-refractivity contribution >= 4 is 5.97 Å². The summed E-state index contributed by atoms with van der Waals surface area (Å²) in [4.78, 5) is 11.7. The Morgan fingerprint density at radius 3 is 2.40 bits per heavy atom. The van der Waals surface area contributed by atoms with Crippen molar-refractivity contribution in [3.8, 4) is 5.75 Å². The lowest BCUT2D eigenvalue weighted by Gasteiger charge is -2.36. The van der Waals surface area contributed by atoms with Crippen molar-refractivity contribution in [2.75, 3.05) is 19.8 Å². The van der Waals surface area contributed by atoms with Gasteiger partial charge in [-0.05, 0) is 73.6 Å². The maximum atomic E-state index is 11.7. The van der Waals surface area contributed by atoms with Gasteiger partial charge in [-0.2, -0.15) is 0 Å². The second-order valence-corrected chi connectivity index (χ2v) is 9.11. The summed E-state index contributed by atoms with van der Waals surface area (Å²) in [6.07, 6.45) is 13.0. The predicted octanol–water partition coefficient (Wildman–Crippen LogP) is 5.57. The molecule has 0 atom stereocenters. The zero-order valence-corrected chi connectivity index (χ0v) is 18.5. The third-order valence-electron chi connectivity index (χ3n) is 6.96. The van der Waals surface area contributed by atoms with Gasteiger partial charge in [-0.3, -0.25) is 0 Å². The first-order valence-corrected chi connectivity index (χ1v) is 11.8. The van der Waals surface area contributed by atoms with Gasteiger partial charge in [-0.1, -0.05) is 44.7 Å². The van der Waals surface area contributed by atoms with Crippen LogP contribution in [0.25, 0.3) is 0 Å². The molecule has 1 aromatic rings. The topological polar surface area (TPSA) is 55.8 Å². The van der Waals surface area contributed by atoms with Crippen molar-refractivity contribution in [2.24, 2.45) is 11.8 Å². The molecule has 4 heteroatoms. The van der Waals surface area contributed by atoms with E-state index in [0.717, 1.165) is 17.6 Å². The molecule has 0 aromatic heterocycles. The molecule has 1 aromatic carbocycles. The van der Waals surface area contributed by atoms with Crippen LogP contribution in [0.3, 0.4) is 0 Å². The first-order valence-electron chi connectivity index (χ1n) is 11.8. The molecule has 0 radical (unpaired) electrons. The number of hydrogen-bond donors (Lipinski definition) is 1. The van der Waals surface area contributed by atoms with Crippen LogP contribution in [0.2, 0.25) is 0 Å². The Hall–Kier alpha value is -1.81. The summed E-state index contributed by atoms with van der Waals surface area (Å²) in [5, 5.41) is 9.05. The highest BCUT2D eigenvalue weighted by molar-refractivity contribution is 5.86. The Morgan fingerprint density at radius 1 is 1.03 bits per heavy atom. The highest BCUT2D eigenvalue weighted by Gasteiger charge is 2.30. The molecule has 30 heavy (non-hydrogen) atoms. The van der Waals surface area contributed by atoms with Crippen molar-refractivity contribution in [2.45, 2.75) is 77.0 Å². The summed E-state index contributed by atoms with van der Waals surface area (Å²) in [5.74, 6) is 2.87. The van der Waals surface area contributed by atoms with E-state index in [1.54, 1.807) is 6.92 Å². The van der Waals surface area contributed by atoms with Crippen LogP contribution in [-0.2, 0) is 16.0 Å². The number of rotatable bonds is 9. The SMILES string of the molecule is C=C(C)C(=O)OCCc1cc(OCCO)ccc1C1CCC(C2CCCCC2)CC1. The molecule has 0 bridgehead atoms. The minimum atomic E-state index is -0.336. The molecule has 0 spiro atoms. The summed E-state index contributed by atoms with van der Waals surface area (Å²) in [7, 11) is 0. The van der Waals surface area contributed by atoms with Gasteiger partial charge < -0.3 is 14.6 Å². The van der Waals surface area contributed by atoms with Gasteiger partial charge in [0.1, 0.15) is 12.4 Å². The number of hydrogen-bond acceptors (Lipinski definition) is 4. The maximum absolute atomic E-state index is 11.7. The number of carbonyl (C=O) groups excluding carboxylic acids is 1. The molecule has 0 saturated heterocycles. The smallest absolute Gasteiger partial charge is 0.333 e. The monoisotopic (exact) mass is 414 g/mol. The van der Waals surface area contributed by atoms with Gasteiger partial charge in [0.15, 0.2) is 0 Å². The summed E-state index contributed by atoms with van der Waals surface area (Å²) in [6.45, 7) is 5.95. The lowest BCUT2D eigenvalue weighted by Crippen LogP contribution is -2.23. The number of benzene rings is 1. The molecule has 4 nitrogen and oxygen atoms in total. The Balaban J connectivity index is 1.64. The van der Waals surface area contributed by atoms with Crippen LogP contribution in [0.4, 0.5) is 0 Å². The molecule has 3 rings (SSSR count). The number of ether oxygens (including phenoxy) is 2. The van der Waals surface area contributed by atoms with Gasteiger partial charge in [0.05, 0.1) is 13.2 Å². The predicted molar refractivity (Wildman–Crippen MR) is 120 cm³/mol. The van der Waals surface area contributed by atoms with E-state index >= 15 is 0 Å². The van der Waals surface area contributed by atoms with Crippen LogP contribution in [0.1, 0.15) is 81.8 Å². The molecule has 0 heterocycles. The summed E-state index contributed by atoms with van der Waals surface area (Å²) in [5.41, 5.74) is 3.00. The van der Waals surface area contributed by atoms with Gasteiger partial charge in [-0.15, -0.1) is 0 Å². The quantitative estimate of drug-likeness (QED) is 0.424. The zero-order chi connectivity index (χ0) is 21.3. The van der Waals surface area contributed by atoms with Gasteiger partial charge in [-0.25, -0.2) is 4.79 Å². The molecule has 2 aliphatic rings. The minimum absolute atomic E-state index is 0.00150. The average Bonchev–Trinajstić information content (AvgIpc) is 2.78. The third-order valence-corrected chi connectivity index (χ3v) is 6.96. The van der Waals surface area contributed by atoms with Crippen molar-refractivity contribution in [1.29, 1.82) is 0 Å². The van der Waals surface area contributed by atoms with Crippen LogP contribution in [0.15, 0.2) is 30.4 Å². The Bertz CT molecular complexity index is 697. The van der Waals surface area contributed by atoms with Crippen LogP contribution in [0.5, 0.6) is 5.75 Å². The highest BCUT2D eigenvalue weighted by atomic mass is 16.5. The molecule has 0 unspecified atom stereocenters. The lowest BCUT2D eigenvalue weighted by molar-refractivity contribution is -0.138. The first-order chi connectivity index (χ1) is 14.6. The van der Waals surface area contributed by atoms with E-state index in [0.29, 0.717) is 24.5 Å². The van der Waals surface area contributed by atoms with Crippen molar-refractivity contribution in [1.82, 2.24) is 0 Å². The Morgan fingerprint density at radius 2 is 1.73 bits per heavy atom. The molecule has 166 valence electrons. The van der Waals surface area contributed by atoms with Crippen LogP contribution >= 0.6 is 0 Å². The molecular formula is C26H38O4. The van der Waals surface area contributed by atoms with Gasteiger partial charge in [0.25, 0.3) is 0 Å². The zero-order valence-electron chi connectivity index (χ0n) is 18.5. The molecule has 2 fully saturated rings. The maximum Gasteiger partial charge on any atom is 0.333 e. The average molecular weight is 415 g/mol. The molecule has 0 amide bonds. The van der Waals surface area contributed by atoms with Gasteiger partial charge in [0, 0.05) is 12.0 Å². The third kappa shape index (κ3) is 6.34. The fourth-order valence-corrected chi connectivity index (χ4v) is 5.33. The van der Waals surface area contributed by atoms with Crippen molar-refractivity contribution < 1.29 is 19.4 Å². The van der Waals surface area contributed by atoms with Crippen LogP contribution in [-0.4, -0.2) is 30.9 Å². The van der Waals surface area contributed by atoms with E-state index in [1.165, 1.54) is 68.9 Å². The van der Waals surface area contributed by atoms with E-state index in [1.807, 2.05) is 6.07 Å². The number of aliphatic hydroxyl groups is 1. The molecular weight excluding hydrogens is 376 g/mol. The lowest BCUT2D eigenvalue weighted by atomic mass is 9.69. The van der Waals surface area contributed by atoms with Crippen LogP contribution < -0.4 is 4.74 Å². The minimum Gasteiger partial charge on any atom is -0.491 e. The van der Waals surface area contributed by atoms with Crippen molar-refractivity contribution in [3.63, 3.8) is 0 Å². The fourth-order valence-electron chi connectivity index (χ4n) is 5.33. The molecule has 1 N–H and O–H groups in total. The second-order valence-electron chi connectivity index (χ2n) is 9.11. The number of aliphatic hydroxyl groups excluding tert-OH is 1. The number of esters is 1. The van der Waals surface area contributed by atoms with E-state index in [2.05, 4.69) is 18.7 Å². The van der Waals surface area contributed by atoms with Gasteiger partial charge in [0.2, 0.25) is 0 Å². The van der Waals surface area contributed by atoms with E-state index in [-0.39, 0.29) is 19.2 Å². The summed E-state index contributed by atoms with van der Waals surface area (Å²) in [6, 6.07) is 6.27. The molecule has 0 aliphatic heterocycles. The van der Waals surface area contributed by atoms with Crippen molar-refractivity contribution in [3.05, 3.63) is 41.5 Å². The summed E-state index contributed by atoms with van der Waals surface area (Å²) >= 11 is 0. The summed E-state index contributed by atoms with van der Waals surface area (Å²) < 4.78 is 11.0. The highest BCUT2D eigenvalue weighted by Crippen LogP contribution is 2.44. The van der Waals surface area contributed by atoms with E-state index < -0.39 is 0 Å². The molecule has 2 aliphatic carbocycles. The normalized spacial score (nSPS) is 22.5. The Kier molecular flexibility index (Phi) is 8.80. The van der Waals surface area contributed by atoms with Crippen LogP contribution in [0, 0.1) is 11.8 Å². The fraction of sp³-hybridized carbons (Fsp3) is 0.654. The van der Waals surface area contributed by atoms with E-state index in [4.69, 9.17) is 14.6 Å². The van der Waals surface area contributed by atoms with Gasteiger partial charge >= 0.3 is 5.97 Å². The van der Waals surface area contributed by atoms with E-state index in [9.17, 15) is 4.79 Å². The number of carbonyl (C=O) groups is 1. The largest absolute Gasteiger partial charge is 0.491 e. The standard InChI is InChI=1S/C26H38O4/c1-19(2)26(28)30-16-14-23-18-24(29-17-15-27)12-13-25(23)22-10-8-21(9-11-22)20-6-4-3-5-7-20/h12-13,18,20-22,27H,1,3-11,14-17H2,2H3.